The molecule has 2 aromatic heterocycles. The fourth-order valence-corrected chi connectivity index (χ4v) is 3.63. The molecule has 0 aliphatic heterocycles. The van der Waals surface area contributed by atoms with Crippen molar-refractivity contribution in [2.75, 3.05) is 0 Å². The molecule has 0 fully saturated rings. The number of halogens is 1. The average molecular weight is 406 g/mol. The normalized spacial score (nSPS) is 12.4. The van der Waals surface area contributed by atoms with Crippen molar-refractivity contribution < 1.29 is 9.18 Å². The van der Waals surface area contributed by atoms with Gasteiger partial charge in [-0.2, -0.15) is 5.10 Å². The van der Waals surface area contributed by atoms with Gasteiger partial charge in [-0.3, -0.25) is 9.59 Å². The minimum Gasteiger partial charge on any atom is -0.352 e. The highest BCUT2D eigenvalue weighted by Crippen LogP contribution is 2.27. The Morgan fingerprint density at radius 3 is 2.63 bits per heavy atom. The van der Waals surface area contributed by atoms with Crippen molar-refractivity contribution in [2.24, 2.45) is 0 Å². The monoisotopic (exact) mass is 406 g/mol. The van der Waals surface area contributed by atoms with E-state index in [1.54, 1.807) is 29.0 Å². The van der Waals surface area contributed by atoms with Crippen LogP contribution in [0.25, 0.3) is 21.8 Å². The van der Waals surface area contributed by atoms with Gasteiger partial charge in [0.05, 0.1) is 12.7 Å². The predicted octanol–water partition coefficient (Wildman–Crippen LogP) is 3.45. The van der Waals surface area contributed by atoms with E-state index in [0.29, 0.717) is 16.5 Å². The molecule has 2 heterocycles. The van der Waals surface area contributed by atoms with Gasteiger partial charge in [0.25, 0.3) is 5.56 Å². The molecule has 0 saturated carbocycles. The lowest BCUT2D eigenvalue weighted by Gasteiger charge is -2.12. The minimum atomic E-state index is -0.376. The van der Waals surface area contributed by atoms with Gasteiger partial charge in [-0.1, -0.05) is 43.3 Å². The Bertz CT molecular complexity index is 1290. The van der Waals surface area contributed by atoms with Crippen LogP contribution in [0.4, 0.5) is 4.39 Å². The Morgan fingerprint density at radius 1 is 1.13 bits per heavy atom. The quantitative estimate of drug-likeness (QED) is 0.533. The first-order valence-electron chi connectivity index (χ1n) is 9.99. The zero-order chi connectivity index (χ0) is 21.3. The van der Waals surface area contributed by atoms with Gasteiger partial charge in [0.1, 0.15) is 17.9 Å². The molecule has 30 heavy (non-hydrogen) atoms. The highest BCUT2D eigenvalue weighted by atomic mass is 19.1. The Hall–Kier alpha value is -3.48. The van der Waals surface area contributed by atoms with E-state index < -0.39 is 0 Å². The van der Waals surface area contributed by atoms with Crippen LogP contribution in [0.1, 0.15) is 25.8 Å². The van der Waals surface area contributed by atoms with Crippen LogP contribution in [0.15, 0.2) is 59.5 Å². The number of nitrogens with zero attached hydrogens (tertiary/aromatic N) is 3. The molecule has 0 radical (unpaired) electrons. The number of carbonyl (C=O) groups excluding carboxylic acids is 1. The molecular formula is C23H23FN4O2. The van der Waals surface area contributed by atoms with Crippen LogP contribution in [0.5, 0.6) is 0 Å². The topological polar surface area (TPSA) is 68.9 Å². The van der Waals surface area contributed by atoms with Crippen LogP contribution < -0.4 is 10.9 Å². The molecule has 4 rings (SSSR count). The second-order valence-electron chi connectivity index (χ2n) is 7.44. The Kier molecular flexibility index (Phi) is 5.35. The third-order valence-corrected chi connectivity index (χ3v) is 5.37. The van der Waals surface area contributed by atoms with E-state index in [4.69, 9.17) is 0 Å². The number of hydrogen-bond acceptors (Lipinski definition) is 3. The highest BCUT2D eigenvalue weighted by molar-refractivity contribution is 6.07. The summed E-state index contributed by atoms with van der Waals surface area (Å²) in [5.41, 5.74) is 1.33. The first kappa shape index (κ1) is 19.8. The summed E-state index contributed by atoms with van der Waals surface area (Å²) in [6.07, 6.45) is 2.40. The maximum absolute atomic E-state index is 14.3. The summed E-state index contributed by atoms with van der Waals surface area (Å²) in [6, 6.07) is 14.1. The number of carbonyl (C=O) groups is 1. The van der Waals surface area contributed by atoms with Crippen molar-refractivity contribution in [2.45, 2.75) is 39.4 Å². The summed E-state index contributed by atoms with van der Waals surface area (Å²) in [4.78, 5) is 25.6. The van der Waals surface area contributed by atoms with Gasteiger partial charge in [0.15, 0.2) is 0 Å². The van der Waals surface area contributed by atoms with Crippen LogP contribution in [0, 0.1) is 5.82 Å². The van der Waals surface area contributed by atoms with Gasteiger partial charge in [-0.05, 0) is 25.5 Å². The van der Waals surface area contributed by atoms with E-state index in [2.05, 4.69) is 10.4 Å². The second kappa shape index (κ2) is 8.10. The number of aromatic nitrogens is 3. The van der Waals surface area contributed by atoms with Crippen LogP contribution in [-0.2, 0) is 17.9 Å². The van der Waals surface area contributed by atoms with Crippen molar-refractivity contribution in [1.82, 2.24) is 19.7 Å². The Morgan fingerprint density at radius 2 is 1.87 bits per heavy atom. The molecule has 0 aliphatic rings. The summed E-state index contributed by atoms with van der Waals surface area (Å²) in [7, 11) is 0. The fraction of sp³-hybridized carbons (Fsp3) is 0.261. The van der Waals surface area contributed by atoms with E-state index in [1.165, 1.54) is 6.07 Å². The summed E-state index contributed by atoms with van der Waals surface area (Å²) < 4.78 is 17.3. The van der Waals surface area contributed by atoms with E-state index in [0.717, 1.165) is 22.0 Å². The van der Waals surface area contributed by atoms with Gasteiger partial charge < -0.3 is 9.88 Å². The lowest BCUT2D eigenvalue weighted by atomic mass is 10.2. The van der Waals surface area contributed by atoms with Crippen molar-refractivity contribution in [1.29, 1.82) is 0 Å². The van der Waals surface area contributed by atoms with E-state index in [9.17, 15) is 14.0 Å². The van der Waals surface area contributed by atoms with Crippen LogP contribution in [-0.4, -0.2) is 26.3 Å². The van der Waals surface area contributed by atoms with Crippen molar-refractivity contribution in [3.63, 3.8) is 0 Å². The van der Waals surface area contributed by atoms with E-state index in [-0.39, 0.29) is 36.4 Å². The zero-order valence-corrected chi connectivity index (χ0v) is 16.9. The molecule has 154 valence electrons. The van der Waals surface area contributed by atoms with Crippen LogP contribution in [0.3, 0.4) is 0 Å². The van der Waals surface area contributed by atoms with Gasteiger partial charge in [-0.25, -0.2) is 9.07 Å². The number of hydrogen-bond donors (Lipinski definition) is 1. The number of fused-ring (bicyclic) bond motifs is 3. The zero-order valence-electron chi connectivity index (χ0n) is 16.9. The van der Waals surface area contributed by atoms with E-state index in [1.807, 2.05) is 38.1 Å². The predicted molar refractivity (Wildman–Crippen MR) is 115 cm³/mol. The smallest absolute Gasteiger partial charge is 0.291 e. The number of amides is 1. The number of para-hydroxylation sites is 1. The third-order valence-electron chi connectivity index (χ3n) is 5.37. The molecule has 7 heteroatoms. The molecule has 2 aromatic carbocycles. The molecular weight excluding hydrogens is 383 g/mol. The summed E-state index contributed by atoms with van der Waals surface area (Å²) in [6.45, 7) is 3.92. The standard InChI is InChI=1S/C23H23FN4O2/c1-3-15(2)26-21(29)14-28-23(30)22-18(12-25-28)17-9-5-7-11-20(17)27(22)13-16-8-4-6-10-19(16)24/h4-12,15H,3,13-14H2,1-2H3,(H,26,29). The number of rotatable bonds is 6. The van der Waals surface area contributed by atoms with Crippen molar-refractivity contribution in [3.05, 3.63) is 76.5 Å². The molecule has 1 N–H and O–H groups in total. The van der Waals surface area contributed by atoms with E-state index >= 15 is 0 Å². The fourth-order valence-electron chi connectivity index (χ4n) is 3.63. The molecule has 0 bridgehead atoms. The largest absolute Gasteiger partial charge is 0.352 e. The second-order valence-corrected chi connectivity index (χ2v) is 7.44. The molecule has 1 unspecified atom stereocenters. The van der Waals surface area contributed by atoms with Gasteiger partial charge in [0.2, 0.25) is 5.91 Å². The first-order chi connectivity index (χ1) is 14.5. The van der Waals surface area contributed by atoms with Gasteiger partial charge in [-0.15, -0.1) is 0 Å². The number of nitrogens with one attached hydrogen (secondary N) is 1. The van der Waals surface area contributed by atoms with Crippen molar-refractivity contribution in [3.8, 4) is 0 Å². The Balaban J connectivity index is 1.85. The minimum absolute atomic E-state index is 0.0180. The maximum Gasteiger partial charge on any atom is 0.291 e. The molecule has 1 atom stereocenters. The number of benzene rings is 2. The molecule has 4 aromatic rings. The van der Waals surface area contributed by atoms with Gasteiger partial charge in [0, 0.05) is 27.9 Å². The average Bonchev–Trinajstić information content (AvgIpc) is 3.06. The lowest BCUT2D eigenvalue weighted by molar-refractivity contribution is -0.122. The molecule has 1 amide bonds. The first-order valence-corrected chi connectivity index (χ1v) is 9.99. The van der Waals surface area contributed by atoms with Crippen molar-refractivity contribution >= 4 is 27.7 Å². The molecule has 0 spiro atoms. The molecule has 6 nitrogen and oxygen atoms in total. The van der Waals surface area contributed by atoms with Crippen LogP contribution >= 0.6 is 0 Å². The third kappa shape index (κ3) is 3.58. The Labute approximate surface area is 172 Å². The highest BCUT2D eigenvalue weighted by Gasteiger charge is 2.18. The maximum atomic E-state index is 14.3. The van der Waals surface area contributed by atoms with Crippen LogP contribution in [0.2, 0.25) is 0 Å². The van der Waals surface area contributed by atoms with Gasteiger partial charge >= 0.3 is 0 Å². The summed E-state index contributed by atoms with van der Waals surface area (Å²) in [5, 5.41) is 8.62. The molecule has 0 saturated heterocycles. The summed E-state index contributed by atoms with van der Waals surface area (Å²) >= 11 is 0. The SMILES string of the molecule is CCC(C)NC(=O)Cn1ncc2c3ccccc3n(Cc3ccccc3F)c2c1=O. The molecule has 0 aliphatic carbocycles. The summed E-state index contributed by atoms with van der Waals surface area (Å²) in [5.74, 6) is -0.596. The lowest BCUT2D eigenvalue weighted by Crippen LogP contribution is -2.38.